The van der Waals surface area contributed by atoms with Crippen molar-refractivity contribution < 1.29 is 32.6 Å². The Bertz CT molecular complexity index is 504. The quantitative estimate of drug-likeness (QED) is 0.838. The van der Waals surface area contributed by atoms with E-state index in [4.69, 9.17) is 0 Å². The number of carbonyl (C=O) groups is 2. The summed E-state index contributed by atoms with van der Waals surface area (Å²) in [5, 5.41) is 11.4. The highest BCUT2D eigenvalue weighted by Gasteiger charge is 2.37. The van der Waals surface area contributed by atoms with Crippen LogP contribution in [-0.2, 0) is 19.9 Å². The number of nitrogens with one attached hydrogen (secondary N) is 1. The summed E-state index contributed by atoms with van der Waals surface area (Å²) in [6.45, 7) is -1.21. The maximum absolute atomic E-state index is 11.9. The van der Waals surface area contributed by atoms with Crippen molar-refractivity contribution >= 4 is 11.9 Å². The summed E-state index contributed by atoms with van der Waals surface area (Å²) in [7, 11) is 0. The molecule has 0 aromatic heterocycles. The zero-order valence-electron chi connectivity index (χ0n) is 11.1. The van der Waals surface area contributed by atoms with Crippen LogP contribution in [0.15, 0.2) is 30.3 Å². The normalized spacial score (nSPS) is 14.3. The number of halogens is 3. The molecule has 116 valence electrons. The highest BCUT2D eigenvalue weighted by molar-refractivity contribution is 5.88. The van der Waals surface area contributed by atoms with Crippen LogP contribution in [0.1, 0.15) is 12.5 Å². The number of alkyl halides is 3. The summed E-state index contributed by atoms with van der Waals surface area (Å²) in [6, 6.07) is 7.82. The van der Waals surface area contributed by atoms with E-state index in [-0.39, 0.29) is 0 Å². The molecular formula is C13H14F3NO4. The van der Waals surface area contributed by atoms with Crippen LogP contribution in [0.25, 0.3) is 0 Å². The second-order valence-electron chi connectivity index (χ2n) is 4.45. The summed E-state index contributed by atoms with van der Waals surface area (Å²) in [5.74, 6) is -2.29. The molecular weight excluding hydrogens is 291 g/mol. The number of carbonyl (C=O) groups excluding carboxylic acids is 1. The SMILES string of the molecule is CC(NC(=O)COCC(F)(F)F)(C(=O)O)c1ccccc1. The predicted molar refractivity (Wildman–Crippen MR) is 66.4 cm³/mol. The standard InChI is InChI=1S/C13H14F3NO4/c1-12(11(19)20,9-5-3-2-4-6-9)17-10(18)7-21-8-13(14,15)16/h2-6H,7-8H2,1H3,(H,17,18)(H,19,20). The first-order chi connectivity index (χ1) is 9.65. The maximum atomic E-state index is 11.9. The fraction of sp³-hybridized carbons (Fsp3) is 0.385. The molecule has 1 amide bonds. The average molecular weight is 305 g/mol. The smallest absolute Gasteiger partial charge is 0.411 e. The van der Waals surface area contributed by atoms with E-state index in [2.05, 4.69) is 10.1 Å². The van der Waals surface area contributed by atoms with E-state index in [0.717, 1.165) is 0 Å². The van der Waals surface area contributed by atoms with Crippen molar-refractivity contribution in [1.29, 1.82) is 0 Å². The zero-order valence-corrected chi connectivity index (χ0v) is 11.1. The summed E-state index contributed by atoms with van der Waals surface area (Å²) in [6.07, 6.45) is -4.55. The Kier molecular flexibility index (Phi) is 5.31. The molecule has 0 heterocycles. The van der Waals surface area contributed by atoms with Gasteiger partial charge >= 0.3 is 12.1 Å². The molecule has 0 radical (unpaired) electrons. The lowest BCUT2D eigenvalue weighted by Crippen LogP contribution is -2.50. The molecule has 0 saturated carbocycles. The highest BCUT2D eigenvalue weighted by atomic mass is 19.4. The maximum Gasteiger partial charge on any atom is 0.411 e. The van der Waals surface area contributed by atoms with E-state index in [0.29, 0.717) is 5.56 Å². The molecule has 2 N–H and O–H groups in total. The summed E-state index contributed by atoms with van der Waals surface area (Å²) < 4.78 is 39.9. The molecule has 5 nitrogen and oxygen atoms in total. The first-order valence-corrected chi connectivity index (χ1v) is 5.89. The molecule has 0 aliphatic heterocycles. The minimum atomic E-state index is -4.55. The van der Waals surface area contributed by atoms with Gasteiger partial charge in [0.05, 0.1) is 0 Å². The van der Waals surface area contributed by atoms with Gasteiger partial charge in [-0.2, -0.15) is 13.2 Å². The molecule has 8 heteroatoms. The molecule has 0 bridgehead atoms. The van der Waals surface area contributed by atoms with E-state index in [1.807, 2.05) is 0 Å². The van der Waals surface area contributed by atoms with Crippen molar-refractivity contribution in [3.8, 4) is 0 Å². The van der Waals surface area contributed by atoms with Gasteiger partial charge < -0.3 is 15.2 Å². The van der Waals surface area contributed by atoms with Crippen LogP contribution in [0.3, 0.4) is 0 Å². The molecule has 0 saturated heterocycles. The van der Waals surface area contributed by atoms with Crippen LogP contribution in [0, 0.1) is 0 Å². The monoisotopic (exact) mass is 305 g/mol. The lowest BCUT2D eigenvalue weighted by atomic mass is 9.92. The Labute approximate surface area is 118 Å². The molecule has 0 aliphatic carbocycles. The van der Waals surface area contributed by atoms with E-state index in [9.17, 15) is 27.9 Å². The Morgan fingerprint density at radius 2 is 1.81 bits per heavy atom. The molecule has 1 unspecified atom stereocenters. The van der Waals surface area contributed by atoms with Gasteiger partial charge in [-0.25, -0.2) is 4.79 Å². The minimum absolute atomic E-state index is 0.293. The van der Waals surface area contributed by atoms with Crippen molar-refractivity contribution in [3.63, 3.8) is 0 Å². The third-order valence-corrected chi connectivity index (χ3v) is 2.67. The van der Waals surface area contributed by atoms with Gasteiger partial charge in [0, 0.05) is 0 Å². The van der Waals surface area contributed by atoms with Crippen molar-refractivity contribution in [2.24, 2.45) is 0 Å². The second kappa shape index (κ2) is 6.57. The van der Waals surface area contributed by atoms with Crippen molar-refractivity contribution in [1.82, 2.24) is 5.32 Å². The topological polar surface area (TPSA) is 75.6 Å². The number of hydrogen-bond acceptors (Lipinski definition) is 3. The zero-order chi connectivity index (χ0) is 16.1. The molecule has 1 atom stereocenters. The van der Waals surface area contributed by atoms with Gasteiger partial charge in [0.1, 0.15) is 13.2 Å². The van der Waals surface area contributed by atoms with Gasteiger partial charge in [-0.15, -0.1) is 0 Å². The van der Waals surface area contributed by atoms with E-state index >= 15 is 0 Å². The molecule has 1 aromatic carbocycles. The first kappa shape index (κ1) is 17.0. The number of ether oxygens (including phenoxy) is 1. The van der Waals surface area contributed by atoms with Gasteiger partial charge in [0.15, 0.2) is 5.54 Å². The van der Waals surface area contributed by atoms with E-state index in [1.54, 1.807) is 18.2 Å². The summed E-state index contributed by atoms with van der Waals surface area (Å²) in [5.41, 5.74) is -1.46. The number of benzene rings is 1. The Morgan fingerprint density at radius 1 is 1.24 bits per heavy atom. The van der Waals surface area contributed by atoms with Gasteiger partial charge in [-0.05, 0) is 12.5 Å². The van der Waals surface area contributed by atoms with Crippen molar-refractivity contribution in [2.45, 2.75) is 18.6 Å². The number of carboxylic acid groups (broad SMARTS) is 1. The molecule has 0 spiro atoms. The van der Waals surface area contributed by atoms with Crippen LogP contribution in [-0.4, -0.2) is 36.4 Å². The lowest BCUT2D eigenvalue weighted by molar-refractivity contribution is -0.176. The number of hydrogen-bond donors (Lipinski definition) is 2. The van der Waals surface area contributed by atoms with Crippen LogP contribution in [0.4, 0.5) is 13.2 Å². The number of aliphatic carboxylic acids is 1. The molecule has 0 fully saturated rings. The third kappa shape index (κ3) is 5.07. The van der Waals surface area contributed by atoms with Crippen LogP contribution in [0.5, 0.6) is 0 Å². The largest absolute Gasteiger partial charge is 0.479 e. The van der Waals surface area contributed by atoms with Gasteiger partial charge in [-0.3, -0.25) is 4.79 Å². The average Bonchev–Trinajstić information content (AvgIpc) is 2.37. The minimum Gasteiger partial charge on any atom is -0.479 e. The van der Waals surface area contributed by atoms with Gasteiger partial charge in [-0.1, -0.05) is 30.3 Å². The van der Waals surface area contributed by atoms with Crippen molar-refractivity contribution in [3.05, 3.63) is 35.9 Å². The highest BCUT2D eigenvalue weighted by Crippen LogP contribution is 2.21. The fourth-order valence-electron chi connectivity index (χ4n) is 1.59. The summed E-state index contributed by atoms with van der Waals surface area (Å²) in [4.78, 5) is 22.9. The molecule has 21 heavy (non-hydrogen) atoms. The summed E-state index contributed by atoms with van der Waals surface area (Å²) >= 11 is 0. The third-order valence-electron chi connectivity index (χ3n) is 2.67. The van der Waals surface area contributed by atoms with Crippen molar-refractivity contribution in [2.75, 3.05) is 13.2 Å². The van der Waals surface area contributed by atoms with E-state index in [1.165, 1.54) is 19.1 Å². The van der Waals surface area contributed by atoms with E-state index < -0.39 is 36.8 Å². The number of amides is 1. The van der Waals surface area contributed by atoms with Crippen LogP contribution in [0.2, 0.25) is 0 Å². The Hall–Kier alpha value is -2.09. The van der Waals surface area contributed by atoms with Gasteiger partial charge in [0.2, 0.25) is 5.91 Å². The Morgan fingerprint density at radius 3 is 2.29 bits per heavy atom. The van der Waals surface area contributed by atoms with Crippen LogP contribution >= 0.6 is 0 Å². The Balaban J connectivity index is 2.72. The molecule has 0 aliphatic rings. The lowest BCUT2D eigenvalue weighted by Gasteiger charge is -2.26. The fourth-order valence-corrected chi connectivity index (χ4v) is 1.59. The molecule has 1 aromatic rings. The predicted octanol–water partition coefficient (Wildman–Crippen LogP) is 1.68. The van der Waals surface area contributed by atoms with Crippen LogP contribution < -0.4 is 5.32 Å². The number of carboxylic acids is 1. The molecule has 1 rings (SSSR count). The second-order valence-corrected chi connectivity index (χ2v) is 4.45. The van der Waals surface area contributed by atoms with Gasteiger partial charge in [0.25, 0.3) is 0 Å². The first-order valence-electron chi connectivity index (χ1n) is 5.89. The number of rotatable bonds is 6.